The summed E-state index contributed by atoms with van der Waals surface area (Å²) in [5.41, 5.74) is 0.573. The van der Waals surface area contributed by atoms with Gasteiger partial charge in [0.25, 0.3) is 5.56 Å². The summed E-state index contributed by atoms with van der Waals surface area (Å²) in [6, 6.07) is 0. The fraction of sp³-hybridized carbons (Fsp3) is 0.500. The van der Waals surface area contributed by atoms with Crippen LogP contribution in [0, 0.1) is 0 Å². The van der Waals surface area contributed by atoms with E-state index in [0.29, 0.717) is 12.0 Å². The van der Waals surface area contributed by atoms with Crippen molar-refractivity contribution in [3.05, 3.63) is 27.2 Å². The van der Waals surface area contributed by atoms with Gasteiger partial charge in [0.15, 0.2) is 5.56 Å². The molecule has 0 amide bonds. The number of carbonyl (C=O) groups excluding carboxylic acids is 1. The SMILES string of the molecule is COC(=O)c1c(O)c2c([nH]c1=O)CCCCC2. The Morgan fingerprint density at radius 1 is 1.29 bits per heavy atom. The molecule has 1 aliphatic rings. The van der Waals surface area contributed by atoms with Crippen LogP contribution in [0.25, 0.3) is 0 Å². The first-order chi connectivity index (χ1) is 8.15. The van der Waals surface area contributed by atoms with Crippen LogP contribution in [0.15, 0.2) is 4.79 Å². The third-order valence-corrected chi connectivity index (χ3v) is 3.12. The number of nitrogens with one attached hydrogen (secondary N) is 1. The molecule has 0 saturated heterocycles. The molecule has 2 N–H and O–H groups in total. The minimum Gasteiger partial charge on any atom is -0.506 e. The van der Waals surface area contributed by atoms with Gasteiger partial charge in [-0.1, -0.05) is 6.42 Å². The van der Waals surface area contributed by atoms with Crippen LogP contribution in [0.5, 0.6) is 5.75 Å². The highest BCUT2D eigenvalue weighted by molar-refractivity contribution is 5.92. The molecule has 1 heterocycles. The normalized spacial score (nSPS) is 14.9. The number of methoxy groups -OCH3 is 1. The predicted molar refractivity (Wildman–Crippen MR) is 61.3 cm³/mol. The molecule has 0 fully saturated rings. The quantitative estimate of drug-likeness (QED) is 0.567. The average Bonchev–Trinajstić information content (AvgIpc) is 2.54. The highest BCUT2D eigenvalue weighted by Gasteiger charge is 2.23. The number of esters is 1. The minimum absolute atomic E-state index is 0.211. The smallest absolute Gasteiger partial charge is 0.347 e. The number of aryl methyl sites for hydroxylation is 1. The van der Waals surface area contributed by atoms with Gasteiger partial charge in [0.1, 0.15) is 5.75 Å². The first-order valence-electron chi connectivity index (χ1n) is 5.70. The number of H-pyrrole nitrogens is 1. The third-order valence-electron chi connectivity index (χ3n) is 3.12. The largest absolute Gasteiger partial charge is 0.506 e. The van der Waals surface area contributed by atoms with Crippen LogP contribution in [0.2, 0.25) is 0 Å². The fourth-order valence-corrected chi connectivity index (χ4v) is 2.23. The number of fused-ring (bicyclic) bond motifs is 1. The molecule has 1 aromatic heterocycles. The number of aromatic nitrogens is 1. The average molecular weight is 237 g/mol. The fourth-order valence-electron chi connectivity index (χ4n) is 2.23. The van der Waals surface area contributed by atoms with Gasteiger partial charge in [0, 0.05) is 11.3 Å². The summed E-state index contributed by atoms with van der Waals surface area (Å²) in [4.78, 5) is 25.8. The second-order valence-electron chi connectivity index (χ2n) is 4.19. The van der Waals surface area contributed by atoms with Gasteiger partial charge < -0.3 is 14.8 Å². The molecule has 0 unspecified atom stereocenters. The van der Waals surface area contributed by atoms with Crippen molar-refractivity contribution < 1.29 is 14.6 Å². The van der Waals surface area contributed by atoms with Crippen LogP contribution in [0.4, 0.5) is 0 Å². The molecule has 92 valence electrons. The maximum atomic E-state index is 11.7. The molecule has 0 spiro atoms. The molecular weight excluding hydrogens is 222 g/mol. The van der Waals surface area contributed by atoms with Crippen molar-refractivity contribution in [2.45, 2.75) is 32.1 Å². The number of ether oxygens (including phenoxy) is 1. The summed E-state index contributed by atoms with van der Waals surface area (Å²) >= 11 is 0. The molecule has 2 rings (SSSR count). The lowest BCUT2D eigenvalue weighted by atomic mass is 10.0. The van der Waals surface area contributed by atoms with Gasteiger partial charge in [0.05, 0.1) is 7.11 Å². The lowest BCUT2D eigenvalue weighted by Crippen LogP contribution is -2.22. The zero-order chi connectivity index (χ0) is 12.4. The van der Waals surface area contributed by atoms with E-state index in [1.165, 1.54) is 7.11 Å². The Labute approximate surface area is 98.4 Å². The molecule has 5 heteroatoms. The van der Waals surface area contributed by atoms with E-state index in [1.807, 2.05) is 0 Å². The summed E-state index contributed by atoms with van der Waals surface area (Å²) in [6.45, 7) is 0. The number of carbonyl (C=O) groups is 1. The summed E-state index contributed by atoms with van der Waals surface area (Å²) in [5, 5.41) is 10.0. The number of rotatable bonds is 1. The molecule has 0 aliphatic heterocycles. The minimum atomic E-state index is -0.796. The van der Waals surface area contributed by atoms with E-state index in [2.05, 4.69) is 9.72 Å². The van der Waals surface area contributed by atoms with Crippen molar-refractivity contribution >= 4 is 5.97 Å². The summed E-state index contributed by atoms with van der Waals surface area (Å²) in [5.74, 6) is -1.01. The van der Waals surface area contributed by atoms with Gasteiger partial charge in [0.2, 0.25) is 0 Å². The van der Waals surface area contributed by atoms with Crippen molar-refractivity contribution in [2.75, 3.05) is 7.11 Å². The molecule has 0 radical (unpaired) electrons. The van der Waals surface area contributed by atoms with E-state index in [0.717, 1.165) is 31.4 Å². The van der Waals surface area contributed by atoms with Crippen LogP contribution >= 0.6 is 0 Å². The van der Waals surface area contributed by atoms with Crippen molar-refractivity contribution in [2.24, 2.45) is 0 Å². The number of aromatic hydroxyl groups is 1. The van der Waals surface area contributed by atoms with Gasteiger partial charge in [-0.25, -0.2) is 4.79 Å². The summed E-state index contributed by atoms with van der Waals surface area (Å²) in [6.07, 6.45) is 4.42. The zero-order valence-electron chi connectivity index (χ0n) is 9.71. The van der Waals surface area contributed by atoms with Crippen LogP contribution in [-0.4, -0.2) is 23.2 Å². The Bertz CT molecular complexity index is 504. The van der Waals surface area contributed by atoms with Crippen LogP contribution < -0.4 is 5.56 Å². The van der Waals surface area contributed by atoms with Gasteiger partial charge in [-0.15, -0.1) is 0 Å². The molecule has 5 nitrogen and oxygen atoms in total. The van der Waals surface area contributed by atoms with E-state index in [1.54, 1.807) is 0 Å². The second kappa shape index (κ2) is 4.61. The molecule has 0 saturated carbocycles. The van der Waals surface area contributed by atoms with Crippen molar-refractivity contribution in [3.63, 3.8) is 0 Å². The van der Waals surface area contributed by atoms with Crippen molar-refractivity contribution in [3.8, 4) is 5.75 Å². The molecule has 0 aromatic carbocycles. The standard InChI is InChI=1S/C12H15NO4/c1-17-12(16)9-10(14)7-5-3-2-4-6-8(7)13-11(9)15/h2-6H2,1H3,(H2,13,14,15). The molecule has 17 heavy (non-hydrogen) atoms. The topological polar surface area (TPSA) is 79.4 Å². The van der Waals surface area contributed by atoms with E-state index < -0.39 is 11.5 Å². The Kier molecular flexibility index (Phi) is 3.17. The van der Waals surface area contributed by atoms with E-state index in [-0.39, 0.29) is 11.3 Å². The Hall–Kier alpha value is -1.78. The summed E-state index contributed by atoms with van der Waals surface area (Å²) < 4.78 is 4.50. The number of pyridine rings is 1. The third kappa shape index (κ3) is 2.05. The lowest BCUT2D eigenvalue weighted by Gasteiger charge is -2.10. The van der Waals surface area contributed by atoms with Crippen LogP contribution in [0.3, 0.4) is 0 Å². The highest BCUT2D eigenvalue weighted by atomic mass is 16.5. The van der Waals surface area contributed by atoms with Crippen molar-refractivity contribution in [1.82, 2.24) is 4.98 Å². The molecular formula is C12H15NO4. The summed E-state index contributed by atoms with van der Waals surface area (Å²) in [7, 11) is 1.19. The first kappa shape index (κ1) is 11.7. The first-order valence-corrected chi connectivity index (χ1v) is 5.70. The monoisotopic (exact) mass is 237 g/mol. The molecule has 0 bridgehead atoms. The second-order valence-corrected chi connectivity index (χ2v) is 4.19. The van der Waals surface area contributed by atoms with Gasteiger partial charge in [-0.3, -0.25) is 4.79 Å². The van der Waals surface area contributed by atoms with Crippen LogP contribution in [-0.2, 0) is 17.6 Å². The molecule has 0 atom stereocenters. The lowest BCUT2D eigenvalue weighted by molar-refractivity contribution is 0.0595. The van der Waals surface area contributed by atoms with Crippen molar-refractivity contribution in [1.29, 1.82) is 0 Å². The molecule has 1 aliphatic carbocycles. The number of hydrogen-bond acceptors (Lipinski definition) is 4. The molecule has 1 aromatic rings. The Balaban J connectivity index is 2.60. The van der Waals surface area contributed by atoms with Gasteiger partial charge in [-0.05, 0) is 25.7 Å². The van der Waals surface area contributed by atoms with E-state index >= 15 is 0 Å². The maximum absolute atomic E-state index is 11.7. The van der Waals surface area contributed by atoms with Gasteiger partial charge >= 0.3 is 5.97 Å². The Morgan fingerprint density at radius 2 is 2.00 bits per heavy atom. The zero-order valence-corrected chi connectivity index (χ0v) is 9.71. The Morgan fingerprint density at radius 3 is 2.71 bits per heavy atom. The number of aromatic amines is 1. The predicted octanol–water partition coefficient (Wildman–Crippen LogP) is 1.14. The van der Waals surface area contributed by atoms with Gasteiger partial charge in [-0.2, -0.15) is 0 Å². The van der Waals surface area contributed by atoms with Crippen LogP contribution in [0.1, 0.15) is 40.9 Å². The van der Waals surface area contributed by atoms with E-state index in [4.69, 9.17) is 0 Å². The number of hydrogen-bond donors (Lipinski definition) is 2. The highest BCUT2D eigenvalue weighted by Crippen LogP contribution is 2.28. The van der Waals surface area contributed by atoms with E-state index in [9.17, 15) is 14.7 Å². The maximum Gasteiger partial charge on any atom is 0.347 e.